The van der Waals surface area contributed by atoms with Crippen molar-refractivity contribution in [3.63, 3.8) is 0 Å². The lowest BCUT2D eigenvalue weighted by molar-refractivity contribution is 0.596. The second kappa shape index (κ2) is 5.36. The minimum atomic E-state index is -3.38. The molecule has 0 N–H and O–H groups in total. The summed E-state index contributed by atoms with van der Waals surface area (Å²) in [7, 11) is -3.38. The molecule has 2 aromatic rings. The predicted molar refractivity (Wildman–Crippen MR) is 72.3 cm³/mol. The van der Waals surface area contributed by atoms with Crippen molar-refractivity contribution in [2.75, 3.05) is 0 Å². The highest BCUT2D eigenvalue weighted by molar-refractivity contribution is 7.91. The molecule has 94 valence electrons. The van der Waals surface area contributed by atoms with Crippen LogP contribution < -0.4 is 0 Å². The summed E-state index contributed by atoms with van der Waals surface area (Å²) in [6.07, 6.45) is 1.91. The molecular formula is C15H16O2S. The van der Waals surface area contributed by atoms with Gasteiger partial charge in [-0.25, -0.2) is 8.42 Å². The van der Waals surface area contributed by atoms with E-state index in [0.717, 1.165) is 18.4 Å². The zero-order chi connectivity index (χ0) is 13.0. The number of sulfone groups is 1. The average Bonchev–Trinajstić information content (AvgIpc) is 2.40. The van der Waals surface area contributed by atoms with Crippen molar-refractivity contribution in [3.05, 3.63) is 60.2 Å². The monoisotopic (exact) mass is 260 g/mol. The van der Waals surface area contributed by atoms with Crippen LogP contribution in [0.15, 0.2) is 64.4 Å². The van der Waals surface area contributed by atoms with E-state index in [1.54, 1.807) is 42.5 Å². The molecule has 2 aromatic carbocycles. The number of rotatable bonds is 4. The Kier molecular flexibility index (Phi) is 3.82. The van der Waals surface area contributed by atoms with Crippen LogP contribution in [0.5, 0.6) is 0 Å². The minimum Gasteiger partial charge on any atom is -0.219 e. The Bertz CT molecular complexity index is 616. The first-order valence-corrected chi connectivity index (χ1v) is 7.52. The summed E-state index contributed by atoms with van der Waals surface area (Å²) in [5.41, 5.74) is 1.06. The van der Waals surface area contributed by atoms with Gasteiger partial charge in [0.2, 0.25) is 9.84 Å². The van der Waals surface area contributed by atoms with Crippen LogP contribution in [0.3, 0.4) is 0 Å². The zero-order valence-corrected chi connectivity index (χ0v) is 11.2. The van der Waals surface area contributed by atoms with Gasteiger partial charge in [-0.1, -0.05) is 43.7 Å². The average molecular weight is 260 g/mol. The summed E-state index contributed by atoms with van der Waals surface area (Å²) >= 11 is 0. The van der Waals surface area contributed by atoms with Crippen molar-refractivity contribution in [2.45, 2.75) is 29.6 Å². The minimum absolute atomic E-state index is 0.346. The van der Waals surface area contributed by atoms with Crippen LogP contribution >= 0.6 is 0 Å². The first-order chi connectivity index (χ1) is 8.64. The normalized spacial score (nSPS) is 11.4. The van der Waals surface area contributed by atoms with Gasteiger partial charge in [-0.15, -0.1) is 0 Å². The smallest absolute Gasteiger partial charge is 0.206 e. The van der Waals surface area contributed by atoms with Crippen LogP contribution in [-0.2, 0) is 16.3 Å². The fraction of sp³-hybridized carbons (Fsp3) is 0.200. The van der Waals surface area contributed by atoms with E-state index in [0.29, 0.717) is 9.79 Å². The molecule has 0 atom stereocenters. The maximum Gasteiger partial charge on any atom is 0.206 e. The Morgan fingerprint density at radius 1 is 0.889 bits per heavy atom. The van der Waals surface area contributed by atoms with Crippen molar-refractivity contribution in [3.8, 4) is 0 Å². The molecule has 0 heterocycles. The van der Waals surface area contributed by atoms with Crippen molar-refractivity contribution < 1.29 is 8.42 Å². The van der Waals surface area contributed by atoms with E-state index in [1.807, 2.05) is 12.1 Å². The second-order valence-corrected chi connectivity index (χ2v) is 6.16. The molecular weight excluding hydrogens is 244 g/mol. The largest absolute Gasteiger partial charge is 0.219 e. The molecule has 0 radical (unpaired) electrons. The lowest BCUT2D eigenvalue weighted by atomic mass is 10.1. The first kappa shape index (κ1) is 12.8. The number of hydrogen-bond acceptors (Lipinski definition) is 2. The quantitative estimate of drug-likeness (QED) is 0.843. The van der Waals surface area contributed by atoms with Gasteiger partial charge in [0, 0.05) is 0 Å². The van der Waals surface area contributed by atoms with Gasteiger partial charge in [-0.3, -0.25) is 0 Å². The molecule has 2 nitrogen and oxygen atoms in total. The Hall–Kier alpha value is -1.61. The van der Waals surface area contributed by atoms with Crippen molar-refractivity contribution >= 4 is 9.84 Å². The third-order valence-corrected chi connectivity index (χ3v) is 4.57. The predicted octanol–water partition coefficient (Wildman–Crippen LogP) is 3.47. The Morgan fingerprint density at radius 2 is 1.56 bits per heavy atom. The summed E-state index contributed by atoms with van der Waals surface area (Å²) in [6.45, 7) is 2.08. The number of hydrogen-bond donors (Lipinski definition) is 0. The molecule has 2 rings (SSSR count). The highest BCUT2D eigenvalue weighted by Gasteiger charge is 2.16. The highest BCUT2D eigenvalue weighted by atomic mass is 32.2. The standard InChI is InChI=1S/C15H16O2S/c1-2-7-13-8-6-11-15(12-13)18(16,17)14-9-4-3-5-10-14/h3-6,8-12H,2,7H2,1H3. The SMILES string of the molecule is CCCc1cccc(S(=O)(=O)c2ccccc2)c1. The zero-order valence-electron chi connectivity index (χ0n) is 10.3. The van der Waals surface area contributed by atoms with Crippen LogP contribution in [0.2, 0.25) is 0 Å². The van der Waals surface area contributed by atoms with Crippen LogP contribution in [0, 0.1) is 0 Å². The summed E-state index contributed by atoms with van der Waals surface area (Å²) in [4.78, 5) is 0.721. The van der Waals surface area contributed by atoms with Gasteiger partial charge in [0.1, 0.15) is 0 Å². The molecule has 0 fully saturated rings. The Labute approximate surface area is 108 Å². The molecule has 0 amide bonds. The lowest BCUT2D eigenvalue weighted by Gasteiger charge is -2.06. The van der Waals surface area contributed by atoms with Crippen LogP contribution in [0.1, 0.15) is 18.9 Å². The molecule has 0 aromatic heterocycles. The van der Waals surface area contributed by atoms with Gasteiger partial charge < -0.3 is 0 Å². The number of benzene rings is 2. The van der Waals surface area contributed by atoms with Gasteiger partial charge in [-0.2, -0.15) is 0 Å². The molecule has 18 heavy (non-hydrogen) atoms. The second-order valence-electron chi connectivity index (χ2n) is 4.21. The van der Waals surface area contributed by atoms with E-state index in [1.165, 1.54) is 0 Å². The summed E-state index contributed by atoms with van der Waals surface area (Å²) < 4.78 is 24.8. The van der Waals surface area contributed by atoms with E-state index in [9.17, 15) is 8.42 Å². The molecule has 0 saturated carbocycles. The maximum atomic E-state index is 12.4. The molecule has 0 aliphatic carbocycles. The third-order valence-electron chi connectivity index (χ3n) is 2.80. The van der Waals surface area contributed by atoms with Crippen molar-refractivity contribution in [1.29, 1.82) is 0 Å². The Morgan fingerprint density at radius 3 is 2.22 bits per heavy atom. The van der Waals surface area contributed by atoms with E-state index in [2.05, 4.69) is 6.92 Å². The van der Waals surface area contributed by atoms with Gasteiger partial charge in [0.25, 0.3) is 0 Å². The van der Waals surface area contributed by atoms with Crippen LogP contribution in [0.4, 0.5) is 0 Å². The third kappa shape index (κ3) is 2.62. The molecule has 0 unspecified atom stereocenters. The van der Waals surface area contributed by atoms with Crippen LogP contribution in [-0.4, -0.2) is 8.42 Å². The maximum absolute atomic E-state index is 12.4. The molecule has 0 aliphatic heterocycles. The number of aryl methyl sites for hydroxylation is 1. The van der Waals surface area contributed by atoms with Gasteiger partial charge in [0.05, 0.1) is 9.79 Å². The fourth-order valence-corrected chi connectivity index (χ4v) is 3.24. The van der Waals surface area contributed by atoms with Crippen molar-refractivity contribution in [1.82, 2.24) is 0 Å². The van der Waals surface area contributed by atoms with E-state index >= 15 is 0 Å². The van der Waals surface area contributed by atoms with E-state index in [4.69, 9.17) is 0 Å². The summed E-state index contributed by atoms with van der Waals surface area (Å²) in [5, 5.41) is 0. The fourth-order valence-electron chi connectivity index (χ4n) is 1.89. The topological polar surface area (TPSA) is 34.1 Å². The lowest BCUT2D eigenvalue weighted by Crippen LogP contribution is -2.02. The van der Waals surface area contributed by atoms with Gasteiger partial charge >= 0.3 is 0 Å². The molecule has 0 bridgehead atoms. The molecule has 3 heteroatoms. The molecule has 0 aliphatic rings. The van der Waals surface area contributed by atoms with Gasteiger partial charge in [-0.05, 0) is 36.2 Å². The van der Waals surface area contributed by atoms with Gasteiger partial charge in [0.15, 0.2) is 0 Å². The van der Waals surface area contributed by atoms with E-state index in [-0.39, 0.29) is 0 Å². The first-order valence-electron chi connectivity index (χ1n) is 6.03. The molecule has 0 spiro atoms. The molecule has 0 saturated heterocycles. The highest BCUT2D eigenvalue weighted by Crippen LogP contribution is 2.21. The van der Waals surface area contributed by atoms with Crippen LogP contribution in [0.25, 0.3) is 0 Å². The summed E-state index contributed by atoms with van der Waals surface area (Å²) in [6, 6.07) is 15.7. The van der Waals surface area contributed by atoms with Crippen molar-refractivity contribution in [2.24, 2.45) is 0 Å². The Balaban J connectivity index is 2.45. The summed E-state index contributed by atoms with van der Waals surface area (Å²) in [5.74, 6) is 0. The van der Waals surface area contributed by atoms with E-state index < -0.39 is 9.84 Å².